The second-order valence-corrected chi connectivity index (χ2v) is 3.96. The van der Waals surface area contributed by atoms with Gasteiger partial charge < -0.3 is 9.73 Å². The lowest BCUT2D eigenvalue weighted by molar-refractivity contribution is -0.121. The molecule has 0 saturated heterocycles. The molecule has 3 heteroatoms. The summed E-state index contributed by atoms with van der Waals surface area (Å²) < 4.78 is 5.13. The summed E-state index contributed by atoms with van der Waals surface area (Å²) in [5.41, 5.74) is 1.10. The van der Waals surface area contributed by atoms with E-state index in [1.807, 2.05) is 37.3 Å². The van der Waals surface area contributed by atoms with E-state index in [2.05, 4.69) is 5.32 Å². The Morgan fingerprint density at radius 1 is 1.24 bits per heavy atom. The number of benzene rings is 1. The number of amides is 1. The lowest BCUT2D eigenvalue weighted by atomic mass is 10.1. The van der Waals surface area contributed by atoms with Crippen molar-refractivity contribution in [2.75, 3.05) is 0 Å². The number of hydrogen-bond donors (Lipinski definition) is 1. The Balaban J connectivity index is 1.91. The first-order valence-electron chi connectivity index (χ1n) is 5.62. The number of nitrogens with one attached hydrogen (secondary N) is 1. The highest BCUT2D eigenvalue weighted by atomic mass is 16.3. The molecule has 0 aliphatic rings. The highest BCUT2D eigenvalue weighted by Gasteiger charge is 2.10. The summed E-state index contributed by atoms with van der Waals surface area (Å²) in [5.74, 6) is 0.652. The van der Waals surface area contributed by atoms with Gasteiger partial charge in [-0.3, -0.25) is 4.79 Å². The molecular formula is C14H15NO2. The summed E-state index contributed by atoms with van der Waals surface area (Å²) in [6.07, 6.45) is 1.85. The zero-order chi connectivity index (χ0) is 12.1. The Bertz CT molecular complexity index is 462. The number of furan rings is 1. The van der Waals surface area contributed by atoms with Gasteiger partial charge in [0, 0.05) is 0 Å². The molecule has 0 saturated carbocycles. The summed E-state index contributed by atoms with van der Waals surface area (Å²) >= 11 is 0. The molecule has 1 atom stereocenters. The molecule has 17 heavy (non-hydrogen) atoms. The molecule has 1 aromatic heterocycles. The molecule has 3 nitrogen and oxygen atoms in total. The van der Waals surface area contributed by atoms with Gasteiger partial charge in [0.25, 0.3) is 0 Å². The number of rotatable bonds is 4. The summed E-state index contributed by atoms with van der Waals surface area (Å²) in [6, 6.07) is 13.5. The van der Waals surface area contributed by atoms with E-state index in [0.717, 1.165) is 5.56 Å². The maximum absolute atomic E-state index is 11.7. The van der Waals surface area contributed by atoms with Crippen LogP contribution in [0.4, 0.5) is 0 Å². The molecule has 1 aromatic carbocycles. The van der Waals surface area contributed by atoms with Crippen LogP contribution in [0.5, 0.6) is 0 Å². The Labute approximate surface area is 100 Å². The maximum atomic E-state index is 11.7. The van der Waals surface area contributed by atoms with E-state index in [1.165, 1.54) is 0 Å². The second kappa shape index (κ2) is 5.34. The predicted molar refractivity (Wildman–Crippen MR) is 65.4 cm³/mol. The van der Waals surface area contributed by atoms with Crippen molar-refractivity contribution in [3.8, 4) is 0 Å². The van der Waals surface area contributed by atoms with Crippen LogP contribution in [0, 0.1) is 0 Å². The summed E-state index contributed by atoms with van der Waals surface area (Å²) in [4.78, 5) is 11.7. The van der Waals surface area contributed by atoms with Gasteiger partial charge in [0.05, 0.1) is 18.7 Å². The second-order valence-electron chi connectivity index (χ2n) is 3.96. The van der Waals surface area contributed by atoms with Crippen molar-refractivity contribution in [2.24, 2.45) is 0 Å². The van der Waals surface area contributed by atoms with E-state index in [9.17, 15) is 4.79 Å². The van der Waals surface area contributed by atoms with Gasteiger partial charge in [0.1, 0.15) is 5.76 Å². The predicted octanol–water partition coefficient (Wildman–Crippen LogP) is 2.70. The van der Waals surface area contributed by atoms with E-state index in [0.29, 0.717) is 5.76 Å². The normalized spacial score (nSPS) is 12.1. The first kappa shape index (κ1) is 11.5. The van der Waals surface area contributed by atoms with E-state index in [1.54, 1.807) is 18.4 Å². The Hall–Kier alpha value is -2.03. The van der Waals surface area contributed by atoms with Crippen LogP contribution in [-0.2, 0) is 11.2 Å². The monoisotopic (exact) mass is 229 g/mol. The van der Waals surface area contributed by atoms with E-state index >= 15 is 0 Å². The molecule has 1 heterocycles. The van der Waals surface area contributed by atoms with Crippen molar-refractivity contribution in [3.63, 3.8) is 0 Å². The van der Waals surface area contributed by atoms with Gasteiger partial charge in [-0.1, -0.05) is 30.3 Å². The molecule has 88 valence electrons. The molecule has 0 fully saturated rings. The van der Waals surface area contributed by atoms with Crippen LogP contribution in [-0.4, -0.2) is 5.91 Å². The van der Waals surface area contributed by atoms with Gasteiger partial charge in [0.15, 0.2) is 0 Å². The molecular weight excluding hydrogens is 214 g/mol. The Morgan fingerprint density at radius 3 is 2.65 bits per heavy atom. The minimum atomic E-state index is -0.0312. The lowest BCUT2D eigenvalue weighted by Crippen LogP contribution is -2.27. The summed E-state index contributed by atoms with van der Waals surface area (Å²) in [6.45, 7) is 1.97. The molecule has 0 bridgehead atoms. The van der Waals surface area contributed by atoms with Gasteiger partial charge in [-0.25, -0.2) is 0 Å². The van der Waals surface area contributed by atoms with E-state index < -0.39 is 0 Å². The zero-order valence-electron chi connectivity index (χ0n) is 9.72. The fourth-order valence-electron chi connectivity index (χ4n) is 1.69. The average Bonchev–Trinajstić information content (AvgIpc) is 2.82. The first-order chi connectivity index (χ1) is 8.25. The smallest absolute Gasteiger partial charge is 0.228 e. The van der Waals surface area contributed by atoms with Crippen LogP contribution >= 0.6 is 0 Å². The zero-order valence-corrected chi connectivity index (χ0v) is 9.72. The van der Waals surface area contributed by atoms with Gasteiger partial charge in [-0.05, 0) is 24.6 Å². The van der Waals surface area contributed by atoms with Gasteiger partial charge in [0.2, 0.25) is 5.91 Å². The van der Waals surface area contributed by atoms with Crippen molar-refractivity contribution in [1.29, 1.82) is 0 Å². The third-order valence-electron chi connectivity index (χ3n) is 2.59. The fraction of sp³-hybridized carbons (Fsp3) is 0.214. The van der Waals surface area contributed by atoms with Crippen LogP contribution in [0.1, 0.15) is 24.3 Å². The third-order valence-corrected chi connectivity index (χ3v) is 2.59. The van der Waals surface area contributed by atoms with Crippen LogP contribution in [0.25, 0.3) is 0 Å². The molecule has 1 amide bonds. The highest BCUT2D eigenvalue weighted by Crippen LogP contribution is 2.11. The van der Waals surface area contributed by atoms with Crippen molar-refractivity contribution in [3.05, 3.63) is 60.1 Å². The van der Waals surface area contributed by atoms with Crippen LogP contribution < -0.4 is 5.32 Å². The molecule has 1 unspecified atom stereocenters. The van der Waals surface area contributed by atoms with E-state index in [-0.39, 0.29) is 18.4 Å². The van der Waals surface area contributed by atoms with Crippen LogP contribution in [0.2, 0.25) is 0 Å². The molecule has 1 N–H and O–H groups in total. The summed E-state index contributed by atoms with van der Waals surface area (Å²) in [5, 5.41) is 2.94. The van der Waals surface area contributed by atoms with Crippen LogP contribution in [0.15, 0.2) is 53.1 Å². The third kappa shape index (κ3) is 3.21. The first-order valence-corrected chi connectivity index (χ1v) is 5.62. The summed E-state index contributed by atoms with van der Waals surface area (Å²) in [7, 11) is 0. The molecule has 0 aliphatic carbocycles. The lowest BCUT2D eigenvalue weighted by Gasteiger charge is -2.13. The minimum Gasteiger partial charge on any atom is -0.469 e. The van der Waals surface area contributed by atoms with Crippen molar-refractivity contribution in [1.82, 2.24) is 5.32 Å². The van der Waals surface area contributed by atoms with Crippen molar-refractivity contribution < 1.29 is 9.21 Å². The van der Waals surface area contributed by atoms with Crippen molar-refractivity contribution in [2.45, 2.75) is 19.4 Å². The number of carbonyl (C=O) groups excluding carboxylic acids is 1. The topological polar surface area (TPSA) is 42.2 Å². The Kier molecular flexibility index (Phi) is 3.60. The molecule has 0 radical (unpaired) electrons. The van der Waals surface area contributed by atoms with Crippen molar-refractivity contribution >= 4 is 5.91 Å². The molecule has 2 aromatic rings. The quantitative estimate of drug-likeness (QED) is 0.875. The molecule has 2 rings (SSSR count). The molecule has 0 aliphatic heterocycles. The molecule has 0 spiro atoms. The fourth-order valence-corrected chi connectivity index (χ4v) is 1.69. The average molecular weight is 229 g/mol. The Morgan fingerprint density at radius 2 is 2.00 bits per heavy atom. The van der Waals surface area contributed by atoms with Gasteiger partial charge >= 0.3 is 0 Å². The number of hydrogen-bond acceptors (Lipinski definition) is 2. The van der Waals surface area contributed by atoms with Gasteiger partial charge in [-0.15, -0.1) is 0 Å². The minimum absolute atomic E-state index is 0.0127. The largest absolute Gasteiger partial charge is 0.469 e. The van der Waals surface area contributed by atoms with Gasteiger partial charge in [-0.2, -0.15) is 0 Å². The maximum Gasteiger partial charge on any atom is 0.228 e. The number of carbonyl (C=O) groups is 1. The highest BCUT2D eigenvalue weighted by molar-refractivity contribution is 5.78. The van der Waals surface area contributed by atoms with Crippen LogP contribution in [0.3, 0.4) is 0 Å². The SMILES string of the molecule is CC(NC(=O)Cc1ccco1)c1ccccc1. The standard InChI is InChI=1S/C14H15NO2/c1-11(12-6-3-2-4-7-12)15-14(16)10-13-8-5-9-17-13/h2-9,11H,10H2,1H3,(H,15,16). The van der Waals surface area contributed by atoms with E-state index in [4.69, 9.17) is 4.42 Å².